The van der Waals surface area contributed by atoms with Crippen LogP contribution < -0.4 is 0 Å². The maximum Gasteiger partial charge on any atom is 0.227 e. The zero-order valence-electron chi connectivity index (χ0n) is 19.8. The molecule has 1 atom stereocenters. The molecule has 0 aliphatic carbocycles. The number of nitrogens with zero attached hydrogens (tertiary/aromatic N) is 5. The molecule has 33 heavy (non-hydrogen) atoms. The van der Waals surface area contributed by atoms with E-state index in [1.165, 1.54) is 5.56 Å². The summed E-state index contributed by atoms with van der Waals surface area (Å²) in [6.45, 7) is 10.1. The number of carbonyl (C=O) groups excluding carboxylic acids is 1. The Hall–Kier alpha value is -3.12. The molecule has 1 amide bonds. The summed E-state index contributed by atoms with van der Waals surface area (Å²) in [5.41, 5.74) is 4.52. The molecule has 172 valence electrons. The minimum atomic E-state index is -0.0625. The van der Waals surface area contributed by atoms with Gasteiger partial charge in [-0.3, -0.25) is 14.7 Å². The Morgan fingerprint density at radius 1 is 0.970 bits per heavy atom. The Balaban J connectivity index is 1.47. The topological polar surface area (TPSA) is 62.2 Å². The summed E-state index contributed by atoms with van der Waals surface area (Å²) in [7, 11) is 0. The van der Waals surface area contributed by atoms with Crippen molar-refractivity contribution in [3.05, 3.63) is 78.1 Å². The van der Waals surface area contributed by atoms with Crippen LogP contribution in [0.25, 0.3) is 11.1 Å². The van der Waals surface area contributed by atoms with Crippen molar-refractivity contribution in [3.63, 3.8) is 0 Å². The summed E-state index contributed by atoms with van der Waals surface area (Å²) < 4.78 is 0. The average Bonchev–Trinajstić information content (AvgIpc) is 2.99. The van der Waals surface area contributed by atoms with Crippen LogP contribution in [0.4, 0.5) is 0 Å². The molecular weight excluding hydrogens is 410 g/mol. The van der Waals surface area contributed by atoms with E-state index in [4.69, 9.17) is 0 Å². The second kappa shape index (κ2) is 10.7. The molecule has 0 spiro atoms. The first-order valence-electron chi connectivity index (χ1n) is 11.8. The van der Waals surface area contributed by atoms with Crippen LogP contribution in [0.3, 0.4) is 0 Å². The Kier molecular flexibility index (Phi) is 7.45. The number of likely N-dealkylation sites (N-methyl/N-ethyl adjacent to an activating group) is 1. The Morgan fingerprint density at radius 2 is 1.73 bits per heavy atom. The van der Waals surface area contributed by atoms with Crippen LogP contribution >= 0.6 is 0 Å². The van der Waals surface area contributed by atoms with E-state index in [9.17, 15) is 4.79 Å². The highest BCUT2D eigenvalue weighted by molar-refractivity contribution is 5.79. The molecule has 1 unspecified atom stereocenters. The van der Waals surface area contributed by atoms with Gasteiger partial charge in [0.25, 0.3) is 0 Å². The fourth-order valence-electron chi connectivity index (χ4n) is 4.38. The number of amides is 1. The highest BCUT2D eigenvalue weighted by Gasteiger charge is 2.29. The minimum absolute atomic E-state index is 0.0625. The van der Waals surface area contributed by atoms with Crippen LogP contribution in [0.2, 0.25) is 0 Å². The molecule has 6 nitrogen and oxygen atoms in total. The number of carbonyl (C=O) groups is 1. The van der Waals surface area contributed by atoms with Crippen molar-refractivity contribution in [3.8, 4) is 11.1 Å². The van der Waals surface area contributed by atoms with Gasteiger partial charge in [-0.1, -0.05) is 44.2 Å². The maximum atomic E-state index is 13.3. The molecule has 1 aliphatic rings. The molecule has 1 fully saturated rings. The molecule has 0 N–H and O–H groups in total. The van der Waals surface area contributed by atoms with Crippen LogP contribution in [-0.2, 0) is 17.8 Å². The number of aromatic nitrogens is 3. The minimum Gasteiger partial charge on any atom is -0.341 e. The lowest BCUT2D eigenvalue weighted by Gasteiger charge is -2.23. The molecule has 6 heteroatoms. The Morgan fingerprint density at radius 3 is 2.36 bits per heavy atom. The standard InChI is InChI=1S/C27H33N5O/c1-4-32-13-12-31(18-22-15-29-26(20(2)3)30-16-22)19-25(27(32)33)14-21-7-9-23(10-8-21)24-6-5-11-28-17-24/h5-11,15-17,20,25H,4,12-14,18-19H2,1-3H3. The Labute approximate surface area is 196 Å². The van der Waals surface area contributed by atoms with Gasteiger partial charge < -0.3 is 4.90 Å². The van der Waals surface area contributed by atoms with Gasteiger partial charge in [-0.25, -0.2) is 9.97 Å². The molecule has 4 rings (SSSR count). The van der Waals surface area contributed by atoms with E-state index in [1.807, 2.05) is 29.6 Å². The molecule has 0 radical (unpaired) electrons. The lowest BCUT2D eigenvalue weighted by atomic mass is 9.96. The molecule has 0 saturated carbocycles. The van der Waals surface area contributed by atoms with Gasteiger partial charge in [0.2, 0.25) is 5.91 Å². The van der Waals surface area contributed by atoms with E-state index >= 15 is 0 Å². The third-order valence-electron chi connectivity index (χ3n) is 6.29. The summed E-state index contributed by atoms with van der Waals surface area (Å²) in [6.07, 6.45) is 8.25. The predicted octanol–water partition coefficient (Wildman–Crippen LogP) is 4.19. The van der Waals surface area contributed by atoms with Gasteiger partial charge in [0, 0.05) is 69.0 Å². The number of benzene rings is 1. The number of hydrogen-bond donors (Lipinski definition) is 0. The van der Waals surface area contributed by atoms with Crippen LogP contribution in [0.1, 0.15) is 43.6 Å². The third kappa shape index (κ3) is 5.82. The predicted molar refractivity (Wildman–Crippen MR) is 131 cm³/mol. The average molecular weight is 444 g/mol. The van der Waals surface area contributed by atoms with Crippen molar-refractivity contribution in [1.29, 1.82) is 0 Å². The third-order valence-corrected chi connectivity index (χ3v) is 6.29. The molecule has 0 bridgehead atoms. The fourth-order valence-corrected chi connectivity index (χ4v) is 4.38. The van der Waals surface area contributed by atoms with E-state index in [0.717, 1.165) is 61.7 Å². The second-order valence-corrected chi connectivity index (χ2v) is 9.10. The first-order chi connectivity index (χ1) is 16.0. The van der Waals surface area contributed by atoms with E-state index < -0.39 is 0 Å². The van der Waals surface area contributed by atoms with Gasteiger partial charge in [0.1, 0.15) is 5.82 Å². The van der Waals surface area contributed by atoms with Gasteiger partial charge in [0.05, 0.1) is 5.92 Å². The quantitative estimate of drug-likeness (QED) is 0.548. The van der Waals surface area contributed by atoms with Gasteiger partial charge in [-0.05, 0) is 36.1 Å². The van der Waals surface area contributed by atoms with Crippen molar-refractivity contribution >= 4 is 5.91 Å². The van der Waals surface area contributed by atoms with Crippen molar-refractivity contribution in [2.45, 2.75) is 39.7 Å². The summed E-state index contributed by atoms with van der Waals surface area (Å²) >= 11 is 0. The van der Waals surface area contributed by atoms with Crippen molar-refractivity contribution in [2.24, 2.45) is 5.92 Å². The van der Waals surface area contributed by atoms with Gasteiger partial charge >= 0.3 is 0 Å². The summed E-state index contributed by atoms with van der Waals surface area (Å²) in [5, 5.41) is 0. The number of hydrogen-bond acceptors (Lipinski definition) is 5. The first-order valence-corrected chi connectivity index (χ1v) is 11.8. The highest BCUT2D eigenvalue weighted by atomic mass is 16.2. The van der Waals surface area contributed by atoms with Crippen molar-refractivity contribution in [2.75, 3.05) is 26.2 Å². The maximum absolute atomic E-state index is 13.3. The Bertz CT molecular complexity index is 1030. The van der Waals surface area contributed by atoms with Gasteiger partial charge in [-0.15, -0.1) is 0 Å². The fraction of sp³-hybridized carbons (Fsp3) is 0.407. The number of rotatable bonds is 7. The van der Waals surface area contributed by atoms with E-state index in [2.05, 4.69) is 71.0 Å². The SMILES string of the molecule is CCN1CCN(Cc2cnc(C(C)C)nc2)CC(Cc2ccc(-c3cccnc3)cc2)C1=O. The largest absolute Gasteiger partial charge is 0.341 e. The molecule has 3 heterocycles. The lowest BCUT2D eigenvalue weighted by Crippen LogP contribution is -2.37. The van der Waals surface area contributed by atoms with Crippen molar-refractivity contribution in [1.82, 2.24) is 24.8 Å². The first kappa shape index (κ1) is 23.1. The normalized spacial score (nSPS) is 17.4. The summed E-state index contributed by atoms with van der Waals surface area (Å²) in [4.78, 5) is 30.9. The van der Waals surface area contributed by atoms with Crippen LogP contribution in [0.15, 0.2) is 61.2 Å². The monoisotopic (exact) mass is 443 g/mol. The van der Waals surface area contributed by atoms with Crippen LogP contribution in [0, 0.1) is 5.92 Å². The summed E-state index contributed by atoms with van der Waals surface area (Å²) in [6, 6.07) is 12.5. The highest BCUT2D eigenvalue weighted by Crippen LogP contribution is 2.22. The zero-order chi connectivity index (χ0) is 23.2. The smallest absolute Gasteiger partial charge is 0.227 e. The molecule has 1 aromatic carbocycles. The zero-order valence-corrected chi connectivity index (χ0v) is 19.8. The molecule has 1 saturated heterocycles. The van der Waals surface area contributed by atoms with Gasteiger partial charge in [0.15, 0.2) is 0 Å². The van der Waals surface area contributed by atoms with Gasteiger partial charge in [-0.2, -0.15) is 0 Å². The van der Waals surface area contributed by atoms with Crippen LogP contribution in [0.5, 0.6) is 0 Å². The number of pyridine rings is 1. The molecular formula is C27H33N5O. The van der Waals surface area contributed by atoms with E-state index in [-0.39, 0.29) is 11.8 Å². The molecule has 3 aromatic rings. The van der Waals surface area contributed by atoms with Crippen molar-refractivity contribution < 1.29 is 4.79 Å². The van der Waals surface area contributed by atoms with E-state index in [1.54, 1.807) is 6.20 Å². The second-order valence-electron chi connectivity index (χ2n) is 9.10. The molecule has 2 aromatic heterocycles. The lowest BCUT2D eigenvalue weighted by molar-refractivity contribution is -0.134. The van der Waals surface area contributed by atoms with E-state index in [0.29, 0.717) is 5.92 Å². The summed E-state index contributed by atoms with van der Waals surface area (Å²) in [5.74, 6) is 1.38. The molecule has 1 aliphatic heterocycles. The van der Waals surface area contributed by atoms with Crippen LogP contribution in [-0.4, -0.2) is 56.8 Å².